The molecule has 29 heavy (non-hydrogen) atoms. The van der Waals surface area contributed by atoms with Crippen molar-refractivity contribution in [1.82, 2.24) is 5.32 Å². The third kappa shape index (κ3) is 5.50. The largest absolute Gasteiger partial charge is 0.491 e. The first kappa shape index (κ1) is 20.7. The Morgan fingerprint density at radius 3 is 2.41 bits per heavy atom. The van der Waals surface area contributed by atoms with Gasteiger partial charge in [0.1, 0.15) is 18.1 Å². The second kappa shape index (κ2) is 8.99. The fourth-order valence-corrected chi connectivity index (χ4v) is 3.19. The van der Waals surface area contributed by atoms with E-state index >= 15 is 0 Å². The van der Waals surface area contributed by atoms with E-state index in [1.54, 1.807) is 6.92 Å². The number of hydrogen-bond donors (Lipinski definition) is 1. The molecule has 0 aromatic heterocycles. The van der Waals surface area contributed by atoms with Gasteiger partial charge < -0.3 is 14.8 Å². The van der Waals surface area contributed by atoms with Gasteiger partial charge in [0, 0.05) is 0 Å². The lowest BCUT2D eigenvalue weighted by Gasteiger charge is -2.22. The topological polar surface area (TPSA) is 47.6 Å². The molecule has 0 bridgehead atoms. The zero-order valence-corrected chi connectivity index (χ0v) is 17.6. The molecule has 3 rings (SSSR count). The average Bonchev–Trinajstić information content (AvgIpc) is 2.70. The van der Waals surface area contributed by atoms with Gasteiger partial charge >= 0.3 is 0 Å². The van der Waals surface area contributed by atoms with Crippen LogP contribution in [0.25, 0.3) is 10.8 Å². The summed E-state index contributed by atoms with van der Waals surface area (Å²) in [6, 6.07) is 21.9. The van der Waals surface area contributed by atoms with Crippen molar-refractivity contribution >= 4 is 16.7 Å². The summed E-state index contributed by atoms with van der Waals surface area (Å²) in [5, 5.41) is 5.11. The molecule has 0 aliphatic carbocycles. The van der Waals surface area contributed by atoms with Crippen LogP contribution in [0.2, 0.25) is 0 Å². The maximum atomic E-state index is 12.4. The van der Waals surface area contributed by atoms with Gasteiger partial charge in [-0.1, -0.05) is 69.3 Å². The molecular formula is C25H29NO3. The molecule has 4 heteroatoms. The molecular weight excluding hydrogens is 362 g/mol. The Morgan fingerprint density at radius 1 is 0.966 bits per heavy atom. The summed E-state index contributed by atoms with van der Waals surface area (Å²) in [5.41, 5.74) is 1.15. The van der Waals surface area contributed by atoms with Crippen LogP contribution >= 0.6 is 0 Å². The van der Waals surface area contributed by atoms with Crippen LogP contribution in [0.1, 0.15) is 33.3 Å². The third-order valence-corrected chi connectivity index (χ3v) is 4.76. The Hall–Kier alpha value is -3.01. The Labute approximate surface area is 172 Å². The predicted molar refractivity (Wildman–Crippen MR) is 118 cm³/mol. The summed E-state index contributed by atoms with van der Waals surface area (Å²) in [7, 11) is 0. The molecule has 0 aliphatic rings. The molecule has 0 heterocycles. The molecule has 1 N–H and O–H groups in total. The number of hydrogen-bond acceptors (Lipinski definition) is 3. The fraction of sp³-hybridized carbons (Fsp3) is 0.320. The first-order valence-corrected chi connectivity index (χ1v) is 10.00. The molecule has 4 nitrogen and oxygen atoms in total. The van der Waals surface area contributed by atoms with Gasteiger partial charge in [-0.05, 0) is 46.9 Å². The van der Waals surface area contributed by atoms with Gasteiger partial charge in [0.2, 0.25) is 0 Å². The number of rotatable bonds is 7. The number of para-hydroxylation sites is 1. The van der Waals surface area contributed by atoms with Crippen LogP contribution in [0, 0.1) is 0 Å². The minimum atomic E-state index is -0.585. The molecule has 0 spiro atoms. The van der Waals surface area contributed by atoms with Crippen molar-refractivity contribution < 1.29 is 14.3 Å². The maximum Gasteiger partial charge on any atom is 0.260 e. The Morgan fingerprint density at radius 2 is 1.66 bits per heavy atom. The van der Waals surface area contributed by atoms with Gasteiger partial charge in [-0.2, -0.15) is 0 Å². The standard InChI is InChI=1S/C25H29NO3/c1-18(29-21-14-13-19-9-5-6-10-20(19)17-21)24(27)26-15-16-28-23-12-8-7-11-22(23)25(2,3)4/h5-14,17-18H,15-16H2,1-4H3,(H,26,27). The zero-order valence-electron chi connectivity index (χ0n) is 17.6. The zero-order chi connectivity index (χ0) is 20.9. The number of carbonyl (C=O) groups excluding carboxylic acids is 1. The first-order chi connectivity index (χ1) is 13.8. The van der Waals surface area contributed by atoms with Crippen molar-refractivity contribution in [2.75, 3.05) is 13.2 Å². The molecule has 1 atom stereocenters. The van der Waals surface area contributed by atoms with Crippen LogP contribution in [-0.2, 0) is 10.2 Å². The van der Waals surface area contributed by atoms with Gasteiger partial charge in [-0.3, -0.25) is 4.79 Å². The van der Waals surface area contributed by atoms with E-state index < -0.39 is 6.10 Å². The molecule has 1 unspecified atom stereocenters. The Kier molecular flexibility index (Phi) is 6.42. The number of ether oxygens (including phenoxy) is 2. The Balaban J connectivity index is 1.49. The van der Waals surface area contributed by atoms with E-state index in [9.17, 15) is 4.79 Å². The van der Waals surface area contributed by atoms with Crippen molar-refractivity contribution in [3.05, 3.63) is 72.3 Å². The van der Waals surface area contributed by atoms with Gasteiger partial charge in [-0.25, -0.2) is 0 Å². The van der Waals surface area contributed by atoms with Crippen LogP contribution in [0.3, 0.4) is 0 Å². The second-order valence-electron chi connectivity index (χ2n) is 8.15. The number of carbonyl (C=O) groups is 1. The van der Waals surface area contributed by atoms with Crippen molar-refractivity contribution in [3.8, 4) is 11.5 Å². The molecule has 0 radical (unpaired) electrons. The highest BCUT2D eigenvalue weighted by atomic mass is 16.5. The monoisotopic (exact) mass is 391 g/mol. The quantitative estimate of drug-likeness (QED) is 0.570. The summed E-state index contributed by atoms with van der Waals surface area (Å²) >= 11 is 0. The van der Waals surface area contributed by atoms with Crippen LogP contribution in [0.5, 0.6) is 11.5 Å². The minimum absolute atomic E-state index is 0.00203. The Bertz CT molecular complexity index is 975. The number of benzene rings is 3. The highest BCUT2D eigenvalue weighted by Gasteiger charge is 2.18. The van der Waals surface area contributed by atoms with Gasteiger partial charge in [0.05, 0.1) is 6.54 Å². The van der Waals surface area contributed by atoms with Crippen LogP contribution in [-0.4, -0.2) is 25.2 Å². The maximum absolute atomic E-state index is 12.4. The highest BCUT2D eigenvalue weighted by molar-refractivity contribution is 5.84. The summed E-state index contributed by atoms with van der Waals surface area (Å²) in [4.78, 5) is 12.4. The molecule has 152 valence electrons. The van der Waals surface area contributed by atoms with Crippen LogP contribution < -0.4 is 14.8 Å². The lowest BCUT2D eigenvalue weighted by molar-refractivity contribution is -0.127. The van der Waals surface area contributed by atoms with Crippen molar-refractivity contribution in [3.63, 3.8) is 0 Å². The predicted octanol–water partition coefficient (Wildman–Crippen LogP) is 5.10. The summed E-state index contributed by atoms with van der Waals surface area (Å²) in [5.74, 6) is 1.38. The smallest absolute Gasteiger partial charge is 0.260 e. The van der Waals surface area contributed by atoms with E-state index in [0.29, 0.717) is 18.9 Å². The van der Waals surface area contributed by atoms with E-state index in [0.717, 1.165) is 22.1 Å². The molecule has 1 amide bonds. The summed E-state index contributed by atoms with van der Waals surface area (Å²) < 4.78 is 11.7. The lowest BCUT2D eigenvalue weighted by Crippen LogP contribution is -2.38. The van der Waals surface area contributed by atoms with Gasteiger partial charge in [0.15, 0.2) is 6.10 Å². The second-order valence-corrected chi connectivity index (χ2v) is 8.15. The average molecular weight is 392 g/mol. The van der Waals surface area contributed by atoms with E-state index in [1.165, 1.54) is 0 Å². The van der Waals surface area contributed by atoms with Crippen molar-refractivity contribution in [1.29, 1.82) is 0 Å². The van der Waals surface area contributed by atoms with Crippen LogP contribution in [0.15, 0.2) is 66.7 Å². The lowest BCUT2D eigenvalue weighted by atomic mass is 9.86. The summed E-state index contributed by atoms with van der Waals surface area (Å²) in [6.45, 7) is 9.04. The molecule has 0 saturated carbocycles. The molecule has 0 saturated heterocycles. The first-order valence-electron chi connectivity index (χ1n) is 10.00. The molecule has 3 aromatic carbocycles. The van der Waals surface area contributed by atoms with Gasteiger partial charge in [-0.15, -0.1) is 0 Å². The van der Waals surface area contributed by atoms with Crippen molar-refractivity contribution in [2.24, 2.45) is 0 Å². The highest BCUT2D eigenvalue weighted by Crippen LogP contribution is 2.30. The fourth-order valence-electron chi connectivity index (χ4n) is 3.19. The number of amides is 1. The van der Waals surface area contributed by atoms with E-state index in [1.807, 2.05) is 60.7 Å². The molecule has 3 aromatic rings. The van der Waals surface area contributed by atoms with Crippen LogP contribution in [0.4, 0.5) is 0 Å². The summed E-state index contributed by atoms with van der Waals surface area (Å²) in [6.07, 6.45) is -0.585. The molecule has 0 fully saturated rings. The third-order valence-electron chi connectivity index (χ3n) is 4.76. The van der Waals surface area contributed by atoms with Gasteiger partial charge in [0.25, 0.3) is 5.91 Å². The van der Waals surface area contributed by atoms with Crippen molar-refractivity contribution in [2.45, 2.75) is 39.2 Å². The van der Waals surface area contributed by atoms with E-state index in [2.05, 4.69) is 32.2 Å². The number of fused-ring (bicyclic) bond motifs is 1. The SMILES string of the molecule is CC(Oc1ccc2ccccc2c1)C(=O)NCCOc1ccccc1C(C)(C)C. The van der Waals surface area contributed by atoms with E-state index in [-0.39, 0.29) is 11.3 Å². The normalized spacial score (nSPS) is 12.4. The van der Waals surface area contributed by atoms with E-state index in [4.69, 9.17) is 9.47 Å². The number of nitrogens with one attached hydrogen (secondary N) is 1. The minimum Gasteiger partial charge on any atom is -0.491 e. The molecule has 0 aliphatic heterocycles.